The van der Waals surface area contributed by atoms with Gasteiger partial charge in [0.15, 0.2) is 0 Å². The number of para-hydroxylation sites is 1. The number of nitrogens with two attached hydrogens (primary N) is 1. The van der Waals surface area contributed by atoms with Crippen LogP contribution in [0, 0.1) is 0 Å². The number of anilines is 3. The summed E-state index contributed by atoms with van der Waals surface area (Å²) in [6, 6.07) is 17.7. The number of nitrogens with zero attached hydrogens (tertiary/aromatic N) is 4. The van der Waals surface area contributed by atoms with Crippen LogP contribution in [0.3, 0.4) is 0 Å². The Balaban J connectivity index is 0.00000280. The zero-order valence-electron chi connectivity index (χ0n) is 29.3. The number of carbonyl (C=O) groups is 2. The molecule has 18 nitrogen and oxygen atoms in total. The first-order valence-corrected chi connectivity index (χ1v) is 18.9. The molecule has 56 heavy (non-hydrogen) atoms. The SMILES string of the molecule is Nc1c(N=Nc2ccc(NN=C3C(=O)C=Cc4cc(S(=O)(=O)[O-])ccc43)cc2)c(S(=O)(=O)[O-])cc2c1C(=O)C(=NNc1ccccc1)C(S(=O)(=O)[O-])=C2.[Na+].[Na+].[Na+]. The van der Waals surface area contributed by atoms with Crippen molar-refractivity contribution >= 4 is 93.9 Å². The van der Waals surface area contributed by atoms with Gasteiger partial charge in [0.2, 0.25) is 11.6 Å². The number of hydrogen-bond donors (Lipinski definition) is 3. The second-order valence-electron chi connectivity index (χ2n) is 11.0. The molecule has 0 atom stereocenters. The van der Waals surface area contributed by atoms with Gasteiger partial charge in [0.25, 0.3) is 0 Å². The number of fused-ring (bicyclic) bond motifs is 2. The van der Waals surface area contributed by atoms with E-state index < -0.39 is 84.8 Å². The molecular weight excluding hydrogens is 824 g/mol. The van der Waals surface area contributed by atoms with Crippen LogP contribution in [0.4, 0.5) is 28.4 Å². The average Bonchev–Trinajstić information content (AvgIpc) is 3.09. The third kappa shape index (κ3) is 10.4. The fraction of sp³-hybridized carbons (Fsp3) is 0. The molecule has 0 spiro atoms. The predicted octanol–water partition coefficient (Wildman–Crippen LogP) is -5.53. The number of hydrogen-bond acceptors (Lipinski definition) is 18. The van der Waals surface area contributed by atoms with Crippen molar-refractivity contribution in [2.75, 3.05) is 16.6 Å². The summed E-state index contributed by atoms with van der Waals surface area (Å²) in [5, 5.41) is 15.7. The second kappa shape index (κ2) is 18.6. The molecule has 0 aliphatic heterocycles. The molecule has 2 aliphatic carbocycles. The summed E-state index contributed by atoms with van der Waals surface area (Å²) in [5.41, 5.74) is 9.26. The van der Waals surface area contributed by atoms with Gasteiger partial charge in [-0.3, -0.25) is 20.4 Å². The van der Waals surface area contributed by atoms with E-state index in [9.17, 15) is 48.5 Å². The Kier molecular flexibility index (Phi) is 15.6. The number of hydrazone groups is 2. The molecule has 0 fully saturated rings. The van der Waals surface area contributed by atoms with Crippen LogP contribution in [-0.4, -0.2) is 61.9 Å². The molecule has 270 valence electrons. The van der Waals surface area contributed by atoms with Crippen LogP contribution in [-0.2, 0) is 35.1 Å². The predicted molar refractivity (Wildman–Crippen MR) is 188 cm³/mol. The molecule has 4 aromatic rings. The van der Waals surface area contributed by atoms with Gasteiger partial charge in [-0.05, 0) is 77.9 Å². The number of nitrogen functional groups attached to an aromatic ring is 1. The Morgan fingerprint density at radius 3 is 1.82 bits per heavy atom. The number of azo groups is 1. The average molecular weight is 844 g/mol. The van der Waals surface area contributed by atoms with Gasteiger partial charge in [-0.2, -0.15) is 15.3 Å². The van der Waals surface area contributed by atoms with Gasteiger partial charge in [0.1, 0.15) is 47.5 Å². The fourth-order valence-electron chi connectivity index (χ4n) is 5.09. The molecule has 0 radical (unpaired) electrons. The Hall–Kier alpha value is -3.23. The zero-order valence-corrected chi connectivity index (χ0v) is 37.8. The number of ketones is 2. The maximum atomic E-state index is 13.6. The number of Topliss-reactive ketones (excluding diaryl/α,β-unsaturated/α-hetero) is 1. The minimum absolute atomic E-state index is 0. The summed E-state index contributed by atoms with van der Waals surface area (Å²) in [6.07, 6.45) is 3.18. The molecule has 0 bridgehead atoms. The first-order chi connectivity index (χ1) is 24.9. The second-order valence-corrected chi connectivity index (χ2v) is 15.1. The Bertz CT molecular complexity index is 2740. The van der Waals surface area contributed by atoms with E-state index in [4.69, 9.17) is 5.73 Å². The van der Waals surface area contributed by atoms with Crippen LogP contribution in [0.25, 0.3) is 12.2 Å². The molecule has 4 N–H and O–H groups in total. The van der Waals surface area contributed by atoms with Gasteiger partial charge in [0, 0.05) is 5.56 Å². The molecule has 0 saturated carbocycles. The van der Waals surface area contributed by atoms with E-state index in [2.05, 4.69) is 31.3 Å². The van der Waals surface area contributed by atoms with Crippen molar-refractivity contribution in [2.45, 2.75) is 9.79 Å². The van der Waals surface area contributed by atoms with Crippen LogP contribution in [0.2, 0.25) is 0 Å². The van der Waals surface area contributed by atoms with Crippen LogP contribution in [0.5, 0.6) is 0 Å². The standard InChI is InChI=1S/C32H23N7O11S3.3Na/c33-28-27-18(16-26(53(48,49)50)31(32(27)41)39-34-19-4-2-1-3-5-19)15-25(52(45,46)47)30(28)38-36-21-9-7-20(8-10-21)35-37-29-23-12-11-22(51(42,43)44)14-17(23)6-13-24(29)40;;;/h1-16,34-35H,33H2,(H,42,43,44)(H,45,46,47)(H,48,49,50);;;/q;3*+1/p-3. The first-order valence-electron chi connectivity index (χ1n) is 14.6. The summed E-state index contributed by atoms with van der Waals surface area (Å²) in [4.78, 5) is 23.5. The van der Waals surface area contributed by atoms with Crippen molar-refractivity contribution < 1.29 is 137 Å². The molecule has 0 unspecified atom stereocenters. The smallest absolute Gasteiger partial charge is 0.744 e. The van der Waals surface area contributed by atoms with E-state index in [0.717, 1.165) is 18.2 Å². The van der Waals surface area contributed by atoms with E-state index in [1.165, 1.54) is 48.5 Å². The maximum Gasteiger partial charge on any atom is 1.00 e. The molecule has 0 saturated heterocycles. The monoisotopic (exact) mass is 843 g/mol. The maximum absolute atomic E-state index is 13.6. The van der Waals surface area contributed by atoms with E-state index in [0.29, 0.717) is 23.5 Å². The van der Waals surface area contributed by atoms with Gasteiger partial charge < -0.3 is 19.4 Å². The molecule has 24 heteroatoms. The minimum atomic E-state index is -5.38. The molecule has 4 aromatic carbocycles. The summed E-state index contributed by atoms with van der Waals surface area (Å²) >= 11 is 0. The normalized spacial score (nSPS) is 15.2. The van der Waals surface area contributed by atoms with Gasteiger partial charge in [-0.25, -0.2) is 25.3 Å². The number of carbonyl (C=O) groups excluding carboxylic acids is 2. The number of rotatable bonds is 9. The minimum Gasteiger partial charge on any atom is -0.744 e. The quantitative estimate of drug-likeness (QED) is 0.0466. The largest absolute Gasteiger partial charge is 1.00 e. The summed E-state index contributed by atoms with van der Waals surface area (Å²) < 4.78 is 107. The molecule has 0 aromatic heterocycles. The molecule has 0 heterocycles. The van der Waals surface area contributed by atoms with Crippen molar-refractivity contribution in [3.8, 4) is 0 Å². The van der Waals surface area contributed by atoms with Crippen molar-refractivity contribution in [1.82, 2.24) is 0 Å². The molecule has 2 aliphatic rings. The Morgan fingerprint density at radius 2 is 1.23 bits per heavy atom. The number of nitrogens with one attached hydrogen (secondary N) is 2. The van der Waals surface area contributed by atoms with E-state index in [1.807, 2.05) is 0 Å². The van der Waals surface area contributed by atoms with Crippen molar-refractivity contribution in [1.29, 1.82) is 0 Å². The van der Waals surface area contributed by atoms with E-state index in [-0.39, 0.29) is 111 Å². The van der Waals surface area contributed by atoms with Crippen LogP contribution in [0.15, 0.2) is 120 Å². The molecule has 0 amide bonds. The van der Waals surface area contributed by atoms with Gasteiger partial charge in [0.05, 0.1) is 43.0 Å². The van der Waals surface area contributed by atoms with Gasteiger partial charge in [-0.15, -0.1) is 5.11 Å². The molecule has 6 rings (SSSR count). The summed E-state index contributed by atoms with van der Waals surface area (Å²) in [7, 11) is -15.5. The third-order valence-electron chi connectivity index (χ3n) is 7.55. The fourth-order valence-corrected chi connectivity index (χ4v) is 6.90. The van der Waals surface area contributed by atoms with Crippen molar-refractivity contribution in [3.05, 3.63) is 112 Å². The van der Waals surface area contributed by atoms with Crippen molar-refractivity contribution in [2.24, 2.45) is 20.4 Å². The van der Waals surface area contributed by atoms with E-state index in [1.54, 1.807) is 18.2 Å². The Morgan fingerprint density at radius 1 is 0.625 bits per heavy atom. The van der Waals surface area contributed by atoms with E-state index >= 15 is 0 Å². The van der Waals surface area contributed by atoms with Crippen LogP contribution >= 0.6 is 0 Å². The van der Waals surface area contributed by atoms with Crippen LogP contribution < -0.4 is 105 Å². The van der Waals surface area contributed by atoms with Gasteiger partial charge >= 0.3 is 88.7 Å². The zero-order chi connectivity index (χ0) is 38.3. The topological polar surface area (TPSA) is 305 Å². The third-order valence-corrected chi connectivity index (χ3v) is 10.1. The molecular formula is C32H20N7Na3O11S3. The summed E-state index contributed by atoms with van der Waals surface area (Å²) in [6.45, 7) is 0. The number of allylic oxidation sites excluding steroid dienone is 2. The first kappa shape index (κ1) is 47.1. The van der Waals surface area contributed by atoms with Crippen molar-refractivity contribution in [3.63, 3.8) is 0 Å². The number of benzene rings is 4. The van der Waals surface area contributed by atoms with Gasteiger partial charge in [-0.1, -0.05) is 30.3 Å². The Labute approximate surface area is 385 Å². The van der Waals surface area contributed by atoms with Crippen LogP contribution in [0.1, 0.15) is 27.0 Å². The summed E-state index contributed by atoms with van der Waals surface area (Å²) in [5.74, 6) is -1.70.